The number of benzene rings is 1. The van der Waals surface area contributed by atoms with E-state index in [4.69, 9.17) is 0 Å². The van der Waals surface area contributed by atoms with Gasteiger partial charge in [-0.2, -0.15) is 0 Å². The molecule has 0 N–H and O–H groups in total. The Hall–Kier alpha value is -1.04. The highest BCUT2D eigenvalue weighted by molar-refractivity contribution is 5.17. The normalized spacial score (nSPS) is 12.7. The molecule has 0 heterocycles. The summed E-state index contributed by atoms with van der Waals surface area (Å²) in [5.74, 6) is 0.659. The summed E-state index contributed by atoms with van der Waals surface area (Å²) < 4.78 is 0. The Morgan fingerprint density at radius 1 is 0.850 bits per heavy atom. The van der Waals surface area contributed by atoms with Crippen LogP contribution in [0.3, 0.4) is 0 Å². The highest BCUT2D eigenvalue weighted by atomic mass is 14.0. The fourth-order valence-corrected chi connectivity index (χ4v) is 1.84. The van der Waals surface area contributed by atoms with Gasteiger partial charge in [-0.15, -0.1) is 0 Å². The Bertz CT molecular complexity index is 306. The van der Waals surface area contributed by atoms with Gasteiger partial charge in [-0.05, 0) is 44.1 Å². The van der Waals surface area contributed by atoms with E-state index in [0.717, 1.165) is 0 Å². The second-order valence-corrected chi connectivity index (χ2v) is 4.86. The first kappa shape index (κ1) is 21.3. The smallest absolute Gasteiger partial charge is 0.0219 e. The Labute approximate surface area is 128 Å². The van der Waals surface area contributed by atoms with E-state index in [-0.39, 0.29) is 0 Å². The minimum Gasteiger partial charge on any atom is -0.0856 e. The van der Waals surface area contributed by atoms with E-state index in [9.17, 15) is 0 Å². The molecular formula is C20H36. The van der Waals surface area contributed by atoms with Crippen molar-refractivity contribution in [2.24, 2.45) is 0 Å². The molecule has 0 fully saturated rings. The van der Waals surface area contributed by atoms with E-state index < -0.39 is 0 Å². The summed E-state index contributed by atoms with van der Waals surface area (Å²) in [5.41, 5.74) is 3.00. The Morgan fingerprint density at radius 2 is 1.40 bits per heavy atom. The lowest BCUT2D eigenvalue weighted by atomic mass is 10.0. The molecule has 0 saturated carbocycles. The van der Waals surface area contributed by atoms with E-state index in [0.29, 0.717) is 5.92 Å². The fourth-order valence-electron chi connectivity index (χ4n) is 1.84. The molecule has 0 heteroatoms. The molecule has 0 aromatic heterocycles. The number of allylic oxidation sites excluding steroid dienone is 2. The third-order valence-electron chi connectivity index (χ3n) is 2.98. The van der Waals surface area contributed by atoms with E-state index in [2.05, 4.69) is 51.1 Å². The first-order valence-electron chi connectivity index (χ1n) is 8.40. The lowest BCUT2D eigenvalue weighted by Gasteiger charge is -2.05. The van der Waals surface area contributed by atoms with Gasteiger partial charge < -0.3 is 0 Å². The Morgan fingerprint density at radius 3 is 1.65 bits per heavy atom. The summed E-state index contributed by atoms with van der Waals surface area (Å²) in [5, 5.41) is 0. The molecule has 0 spiro atoms. The second kappa shape index (κ2) is 16.0. The zero-order valence-corrected chi connectivity index (χ0v) is 14.9. The molecule has 0 atom stereocenters. The summed E-state index contributed by atoms with van der Waals surface area (Å²) in [4.78, 5) is 0. The van der Waals surface area contributed by atoms with Crippen molar-refractivity contribution < 1.29 is 0 Å². The monoisotopic (exact) mass is 276 g/mol. The summed E-state index contributed by atoms with van der Waals surface area (Å²) in [7, 11) is 0. The van der Waals surface area contributed by atoms with Crippen LogP contribution in [0.2, 0.25) is 0 Å². The molecule has 116 valence electrons. The summed E-state index contributed by atoms with van der Waals surface area (Å²) in [6.07, 6.45) is 7.86. The van der Waals surface area contributed by atoms with Crippen molar-refractivity contribution in [1.82, 2.24) is 0 Å². The van der Waals surface area contributed by atoms with Crippen molar-refractivity contribution >= 4 is 0 Å². The van der Waals surface area contributed by atoms with E-state index in [1.807, 2.05) is 33.8 Å². The van der Waals surface area contributed by atoms with Gasteiger partial charge in [-0.1, -0.05) is 83.5 Å². The van der Waals surface area contributed by atoms with Gasteiger partial charge in [0.1, 0.15) is 0 Å². The topological polar surface area (TPSA) is 0 Å². The fraction of sp³-hybridized carbons (Fsp3) is 0.600. The quantitative estimate of drug-likeness (QED) is 0.470. The van der Waals surface area contributed by atoms with Crippen molar-refractivity contribution in [2.45, 2.75) is 80.1 Å². The van der Waals surface area contributed by atoms with Crippen LogP contribution in [0.5, 0.6) is 0 Å². The van der Waals surface area contributed by atoms with E-state index in [1.165, 1.54) is 31.2 Å². The van der Waals surface area contributed by atoms with Crippen molar-refractivity contribution in [3.05, 3.63) is 47.5 Å². The lowest BCUT2D eigenvalue weighted by Crippen LogP contribution is -1.85. The molecule has 0 saturated heterocycles. The maximum absolute atomic E-state index is 2.35. The zero-order valence-electron chi connectivity index (χ0n) is 14.9. The van der Waals surface area contributed by atoms with Crippen LogP contribution in [0.25, 0.3) is 0 Å². The van der Waals surface area contributed by atoms with Gasteiger partial charge in [-0.3, -0.25) is 0 Å². The lowest BCUT2D eigenvalue weighted by molar-refractivity contribution is 0.702. The molecule has 1 aromatic rings. The molecule has 1 aliphatic carbocycles. The van der Waals surface area contributed by atoms with Gasteiger partial charge in [0.25, 0.3) is 0 Å². The van der Waals surface area contributed by atoms with Gasteiger partial charge in [0, 0.05) is 0 Å². The van der Waals surface area contributed by atoms with Gasteiger partial charge in [0.15, 0.2) is 0 Å². The van der Waals surface area contributed by atoms with Crippen molar-refractivity contribution in [2.75, 3.05) is 0 Å². The zero-order chi connectivity index (χ0) is 15.8. The van der Waals surface area contributed by atoms with Crippen LogP contribution < -0.4 is 0 Å². The van der Waals surface area contributed by atoms with Crippen LogP contribution in [0.15, 0.2) is 42.0 Å². The SMILES string of the molecule is CC.CC.CC(C)c1ccccc1.CC1=CCCCC1. The Kier molecular flexibility index (Phi) is 17.0. The van der Waals surface area contributed by atoms with Crippen LogP contribution in [-0.4, -0.2) is 0 Å². The Balaban J connectivity index is 0. The molecule has 0 amide bonds. The molecule has 0 unspecified atom stereocenters. The average molecular weight is 277 g/mol. The van der Waals surface area contributed by atoms with Crippen LogP contribution in [-0.2, 0) is 0 Å². The van der Waals surface area contributed by atoms with Crippen molar-refractivity contribution in [3.8, 4) is 0 Å². The number of hydrogen-bond acceptors (Lipinski definition) is 0. The molecule has 0 bridgehead atoms. The minimum absolute atomic E-state index is 0.659. The maximum Gasteiger partial charge on any atom is -0.0219 e. The predicted molar refractivity (Wildman–Crippen MR) is 95.5 cm³/mol. The molecule has 0 aliphatic heterocycles. The molecule has 0 radical (unpaired) electrons. The first-order valence-corrected chi connectivity index (χ1v) is 8.40. The van der Waals surface area contributed by atoms with Gasteiger partial charge in [0.05, 0.1) is 0 Å². The predicted octanol–water partition coefficient (Wildman–Crippen LogP) is 7.37. The molecular weight excluding hydrogens is 240 g/mol. The molecule has 0 nitrogen and oxygen atoms in total. The van der Waals surface area contributed by atoms with Crippen molar-refractivity contribution in [1.29, 1.82) is 0 Å². The summed E-state index contributed by atoms with van der Waals surface area (Å²) in [6, 6.07) is 10.5. The summed E-state index contributed by atoms with van der Waals surface area (Å²) >= 11 is 0. The molecule has 20 heavy (non-hydrogen) atoms. The van der Waals surface area contributed by atoms with E-state index >= 15 is 0 Å². The van der Waals surface area contributed by atoms with Crippen LogP contribution in [0.1, 0.15) is 85.6 Å². The van der Waals surface area contributed by atoms with Gasteiger partial charge in [-0.25, -0.2) is 0 Å². The van der Waals surface area contributed by atoms with Crippen LogP contribution in [0, 0.1) is 0 Å². The highest BCUT2D eigenvalue weighted by Crippen LogP contribution is 2.15. The van der Waals surface area contributed by atoms with Crippen LogP contribution in [0.4, 0.5) is 0 Å². The first-order chi connectivity index (χ1) is 9.70. The summed E-state index contributed by atoms with van der Waals surface area (Å²) in [6.45, 7) is 14.6. The molecule has 1 aliphatic rings. The van der Waals surface area contributed by atoms with E-state index in [1.54, 1.807) is 5.57 Å². The van der Waals surface area contributed by atoms with Gasteiger partial charge >= 0.3 is 0 Å². The van der Waals surface area contributed by atoms with Crippen molar-refractivity contribution in [3.63, 3.8) is 0 Å². The average Bonchev–Trinajstić information content (AvgIpc) is 2.53. The number of hydrogen-bond donors (Lipinski definition) is 0. The maximum atomic E-state index is 2.35. The molecule has 2 rings (SSSR count). The standard InChI is InChI=1S/C9H12.C7H12.2C2H6/c1-8(2)9-6-4-3-5-7-9;1-7-5-3-2-4-6-7;2*1-2/h3-8H,1-2H3;5H,2-4,6H2,1H3;2*1-2H3. The molecule has 1 aromatic carbocycles. The minimum atomic E-state index is 0.659. The van der Waals surface area contributed by atoms with Crippen LogP contribution >= 0.6 is 0 Å². The van der Waals surface area contributed by atoms with Gasteiger partial charge in [0.2, 0.25) is 0 Å². The third kappa shape index (κ3) is 12.0. The largest absolute Gasteiger partial charge is 0.0856 e. The number of rotatable bonds is 1. The second-order valence-electron chi connectivity index (χ2n) is 4.86. The third-order valence-corrected chi connectivity index (χ3v) is 2.98. The highest BCUT2D eigenvalue weighted by Gasteiger charge is 1.95.